The standard InChI is InChI=1S/C24H27N5O2/c1-4-31-13-7-12-26-24(30)20-21-23(28-19-9-6-5-8-18(19)27-21)29(22(20)25)17-11-10-15(2)16(3)14-17/h5-6,8-11,14H,4,7,12-13,25H2,1-3H3,(H,26,30). The fourth-order valence-corrected chi connectivity index (χ4v) is 3.62. The SMILES string of the molecule is CCOCCCNC(=O)c1c(N)n(-c2ccc(C)c(C)c2)c2nc3ccccc3nc12. The van der Waals surface area contributed by atoms with Crippen LogP contribution in [-0.4, -0.2) is 40.2 Å². The quantitative estimate of drug-likeness (QED) is 0.444. The number of hydrogen-bond acceptors (Lipinski definition) is 5. The van der Waals surface area contributed by atoms with E-state index in [-0.39, 0.29) is 5.91 Å². The number of carbonyl (C=O) groups is 1. The number of rotatable bonds is 7. The highest BCUT2D eigenvalue weighted by molar-refractivity contribution is 6.11. The number of benzene rings is 2. The van der Waals surface area contributed by atoms with Gasteiger partial charge in [-0.1, -0.05) is 18.2 Å². The Morgan fingerprint density at radius 2 is 1.84 bits per heavy atom. The topological polar surface area (TPSA) is 95.1 Å². The lowest BCUT2D eigenvalue weighted by molar-refractivity contribution is 0.0946. The minimum atomic E-state index is -0.258. The minimum absolute atomic E-state index is 0.258. The van der Waals surface area contributed by atoms with Crippen molar-refractivity contribution in [1.82, 2.24) is 19.9 Å². The van der Waals surface area contributed by atoms with Gasteiger partial charge in [-0.3, -0.25) is 9.36 Å². The van der Waals surface area contributed by atoms with E-state index in [1.807, 2.05) is 60.9 Å². The third-order valence-corrected chi connectivity index (χ3v) is 5.43. The molecule has 0 radical (unpaired) electrons. The van der Waals surface area contributed by atoms with Gasteiger partial charge in [-0.25, -0.2) is 9.97 Å². The number of para-hydroxylation sites is 2. The van der Waals surface area contributed by atoms with Crippen LogP contribution >= 0.6 is 0 Å². The molecule has 0 aliphatic rings. The fourth-order valence-electron chi connectivity index (χ4n) is 3.62. The van der Waals surface area contributed by atoms with E-state index in [9.17, 15) is 4.79 Å². The molecule has 1 amide bonds. The molecule has 3 N–H and O–H groups in total. The third-order valence-electron chi connectivity index (χ3n) is 5.43. The molecule has 0 fully saturated rings. The van der Waals surface area contributed by atoms with Gasteiger partial charge >= 0.3 is 0 Å². The molecule has 31 heavy (non-hydrogen) atoms. The van der Waals surface area contributed by atoms with Crippen molar-refractivity contribution in [2.24, 2.45) is 0 Å². The maximum absolute atomic E-state index is 13.1. The molecular formula is C24H27N5O2. The average Bonchev–Trinajstić information content (AvgIpc) is 3.04. The number of aromatic nitrogens is 3. The van der Waals surface area contributed by atoms with Crippen molar-refractivity contribution in [3.8, 4) is 5.69 Å². The Bertz CT molecular complexity index is 1260. The van der Waals surface area contributed by atoms with E-state index in [1.54, 1.807) is 0 Å². The monoisotopic (exact) mass is 417 g/mol. The number of nitrogens with one attached hydrogen (secondary N) is 1. The number of amides is 1. The van der Waals surface area contributed by atoms with E-state index in [1.165, 1.54) is 5.56 Å². The van der Waals surface area contributed by atoms with Crippen molar-refractivity contribution >= 4 is 33.9 Å². The number of nitrogen functional groups attached to an aromatic ring is 1. The molecule has 0 bridgehead atoms. The maximum atomic E-state index is 13.1. The molecule has 0 spiro atoms. The molecule has 7 nitrogen and oxygen atoms in total. The van der Waals surface area contributed by atoms with E-state index in [0.717, 1.165) is 28.7 Å². The number of nitrogens with two attached hydrogens (primary N) is 1. The Morgan fingerprint density at radius 3 is 2.55 bits per heavy atom. The molecular weight excluding hydrogens is 390 g/mol. The van der Waals surface area contributed by atoms with Crippen LogP contribution in [0.5, 0.6) is 0 Å². The lowest BCUT2D eigenvalue weighted by Crippen LogP contribution is -2.26. The summed E-state index contributed by atoms with van der Waals surface area (Å²) in [7, 11) is 0. The van der Waals surface area contributed by atoms with Gasteiger partial charge in [-0.2, -0.15) is 0 Å². The summed E-state index contributed by atoms with van der Waals surface area (Å²) < 4.78 is 7.16. The molecule has 2 aromatic carbocycles. The summed E-state index contributed by atoms with van der Waals surface area (Å²) in [6.07, 6.45) is 0.726. The van der Waals surface area contributed by atoms with Crippen LogP contribution in [0.25, 0.3) is 27.9 Å². The highest BCUT2D eigenvalue weighted by Gasteiger charge is 2.24. The Kier molecular flexibility index (Phi) is 5.86. The largest absolute Gasteiger partial charge is 0.384 e. The normalized spacial score (nSPS) is 11.3. The number of nitrogens with zero attached hydrogens (tertiary/aromatic N) is 3. The second-order valence-electron chi connectivity index (χ2n) is 7.56. The van der Waals surface area contributed by atoms with Gasteiger partial charge < -0.3 is 15.8 Å². The summed E-state index contributed by atoms with van der Waals surface area (Å²) in [6, 6.07) is 13.7. The van der Waals surface area contributed by atoms with Gasteiger partial charge in [0, 0.05) is 25.4 Å². The first-order valence-electron chi connectivity index (χ1n) is 10.5. The number of ether oxygens (including phenoxy) is 1. The molecule has 160 valence electrons. The molecule has 0 saturated heterocycles. The molecule has 2 heterocycles. The molecule has 0 atom stereocenters. The highest BCUT2D eigenvalue weighted by atomic mass is 16.5. The molecule has 0 aliphatic heterocycles. The number of anilines is 1. The molecule has 4 rings (SSSR count). The van der Waals surface area contributed by atoms with Crippen LogP contribution in [0, 0.1) is 13.8 Å². The summed E-state index contributed by atoms with van der Waals surface area (Å²) in [4.78, 5) is 22.7. The molecule has 7 heteroatoms. The van der Waals surface area contributed by atoms with Gasteiger partial charge in [0.05, 0.1) is 11.0 Å². The van der Waals surface area contributed by atoms with Gasteiger partial charge in [0.15, 0.2) is 5.65 Å². The molecule has 2 aromatic heterocycles. The predicted molar refractivity (Wildman–Crippen MR) is 124 cm³/mol. The molecule has 0 unspecified atom stereocenters. The lowest BCUT2D eigenvalue weighted by Gasteiger charge is -2.10. The fraction of sp³-hybridized carbons (Fsp3) is 0.292. The van der Waals surface area contributed by atoms with Crippen molar-refractivity contribution in [3.05, 3.63) is 59.2 Å². The first kappa shape index (κ1) is 20.8. The summed E-state index contributed by atoms with van der Waals surface area (Å²) in [5.41, 5.74) is 12.6. The predicted octanol–water partition coefficient (Wildman–Crippen LogP) is 3.93. The van der Waals surface area contributed by atoms with Crippen LogP contribution in [0.15, 0.2) is 42.5 Å². The van der Waals surface area contributed by atoms with E-state index in [2.05, 4.69) is 12.2 Å². The van der Waals surface area contributed by atoms with Gasteiger partial charge in [-0.15, -0.1) is 0 Å². The van der Waals surface area contributed by atoms with Crippen LogP contribution in [0.2, 0.25) is 0 Å². The van der Waals surface area contributed by atoms with Gasteiger partial charge in [0.1, 0.15) is 16.9 Å². The van der Waals surface area contributed by atoms with E-state index in [0.29, 0.717) is 42.3 Å². The summed E-state index contributed by atoms with van der Waals surface area (Å²) in [5.74, 6) is 0.0713. The number of carbonyl (C=O) groups excluding carboxylic acids is 1. The average molecular weight is 418 g/mol. The van der Waals surface area contributed by atoms with Gasteiger partial charge in [0.25, 0.3) is 5.91 Å². The smallest absolute Gasteiger partial charge is 0.257 e. The number of fused-ring (bicyclic) bond motifs is 2. The van der Waals surface area contributed by atoms with Crippen LogP contribution in [0.4, 0.5) is 5.82 Å². The first-order chi connectivity index (χ1) is 15.0. The van der Waals surface area contributed by atoms with Gasteiger partial charge in [-0.05, 0) is 62.6 Å². The molecule has 0 saturated carbocycles. The molecule has 4 aromatic rings. The second-order valence-corrected chi connectivity index (χ2v) is 7.56. The Hall–Kier alpha value is -3.45. The number of aryl methyl sites for hydroxylation is 2. The summed E-state index contributed by atoms with van der Waals surface area (Å²) >= 11 is 0. The number of hydrogen-bond donors (Lipinski definition) is 2. The van der Waals surface area contributed by atoms with Gasteiger partial charge in [0.2, 0.25) is 0 Å². The summed E-state index contributed by atoms with van der Waals surface area (Å²) in [6.45, 7) is 7.81. The van der Waals surface area contributed by atoms with Crippen molar-refractivity contribution in [2.45, 2.75) is 27.2 Å². The maximum Gasteiger partial charge on any atom is 0.257 e. The lowest BCUT2D eigenvalue weighted by atomic mass is 10.1. The second kappa shape index (κ2) is 8.73. The Labute approximate surface area is 181 Å². The third kappa shape index (κ3) is 3.96. The first-order valence-corrected chi connectivity index (χ1v) is 10.5. The van der Waals surface area contributed by atoms with E-state index >= 15 is 0 Å². The van der Waals surface area contributed by atoms with Crippen LogP contribution in [0.3, 0.4) is 0 Å². The zero-order valence-corrected chi connectivity index (χ0v) is 18.1. The molecule has 0 aliphatic carbocycles. The van der Waals surface area contributed by atoms with Crippen molar-refractivity contribution in [1.29, 1.82) is 0 Å². The van der Waals surface area contributed by atoms with Crippen LogP contribution < -0.4 is 11.1 Å². The highest BCUT2D eigenvalue weighted by Crippen LogP contribution is 2.31. The van der Waals surface area contributed by atoms with Crippen LogP contribution in [-0.2, 0) is 4.74 Å². The Morgan fingerprint density at radius 1 is 1.10 bits per heavy atom. The van der Waals surface area contributed by atoms with Crippen molar-refractivity contribution < 1.29 is 9.53 Å². The van der Waals surface area contributed by atoms with Crippen molar-refractivity contribution in [3.63, 3.8) is 0 Å². The minimum Gasteiger partial charge on any atom is -0.384 e. The Balaban J connectivity index is 1.85. The van der Waals surface area contributed by atoms with Crippen molar-refractivity contribution in [2.75, 3.05) is 25.5 Å². The zero-order valence-electron chi connectivity index (χ0n) is 18.1. The van der Waals surface area contributed by atoms with Crippen LogP contribution in [0.1, 0.15) is 34.8 Å². The zero-order chi connectivity index (χ0) is 22.0. The van der Waals surface area contributed by atoms with E-state index < -0.39 is 0 Å². The summed E-state index contributed by atoms with van der Waals surface area (Å²) in [5, 5.41) is 2.94. The van der Waals surface area contributed by atoms with E-state index in [4.69, 9.17) is 20.4 Å².